The SMILES string of the molecule is CC(=O)Oc1cccc(OC(=O)[C@@H]2C[C@H]2c2ccc(Cl)cc2)c1. The lowest BCUT2D eigenvalue weighted by molar-refractivity contribution is -0.136. The van der Waals surface area contributed by atoms with Crippen molar-refractivity contribution in [2.75, 3.05) is 0 Å². The zero-order valence-electron chi connectivity index (χ0n) is 12.5. The van der Waals surface area contributed by atoms with E-state index in [0.717, 1.165) is 12.0 Å². The molecular formula is C18H15ClO4. The summed E-state index contributed by atoms with van der Waals surface area (Å²) >= 11 is 5.87. The number of benzene rings is 2. The van der Waals surface area contributed by atoms with E-state index in [1.807, 2.05) is 24.3 Å². The van der Waals surface area contributed by atoms with Gasteiger partial charge in [0.1, 0.15) is 11.5 Å². The quantitative estimate of drug-likeness (QED) is 0.628. The van der Waals surface area contributed by atoms with Gasteiger partial charge in [-0.3, -0.25) is 9.59 Å². The van der Waals surface area contributed by atoms with E-state index in [1.165, 1.54) is 13.0 Å². The number of hydrogen-bond donors (Lipinski definition) is 0. The second-order valence-corrected chi connectivity index (χ2v) is 5.93. The Balaban J connectivity index is 1.62. The van der Waals surface area contributed by atoms with Crippen molar-refractivity contribution in [1.29, 1.82) is 0 Å². The van der Waals surface area contributed by atoms with E-state index < -0.39 is 5.97 Å². The van der Waals surface area contributed by atoms with Gasteiger partial charge in [0.15, 0.2) is 0 Å². The lowest BCUT2D eigenvalue weighted by Gasteiger charge is -2.06. The van der Waals surface area contributed by atoms with Crippen LogP contribution in [0.2, 0.25) is 5.02 Å². The molecule has 0 aliphatic heterocycles. The molecule has 3 rings (SSSR count). The third-order valence-electron chi connectivity index (χ3n) is 3.68. The van der Waals surface area contributed by atoms with Crippen molar-refractivity contribution >= 4 is 23.5 Å². The average molecular weight is 331 g/mol. The Kier molecular flexibility index (Phi) is 4.35. The highest BCUT2D eigenvalue weighted by molar-refractivity contribution is 6.30. The molecule has 0 bridgehead atoms. The number of halogens is 1. The molecule has 118 valence electrons. The van der Waals surface area contributed by atoms with Gasteiger partial charge in [-0.2, -0.15) is 0 Å². The number of carbonyl (C=O) groups is 2. The molecule has 4 nitrogen and oxygen atoms in total. The first-order valence-corrected chi connectivity index (χ1v) is 7.66. The molecule has 1 aliphatic rings. The zero-order valence-corrected chi connectivity index (χ0v) is 13.2. The Bertz CT molecular complexity index is 739. The molecule has 1 fully saturated rings. The van der Waals surface area contributed by atoms with E-state index >= 15 is 0 Å². The van der Waals surface area contributed by atoms with Crippen LogP contribution in [0.4, 0.5) is 0 Å². The number of carbonyl (C=O) groups excluding carboxylic acids is 2. The fourth-order valence-electron chi connectivity index (χ4n) is 2.49. The van der Waals surface area contributed by atoms with Gasteiger partial charge in [-0.15, -0.1) is 0 Å². The fourth-order valence-corrected chi connectivity index (χ4v) is 2.62. The molecule has 2 atom stereocenters. The van der Waals surface area contributed by atoms with Crippen LogP contribution in [0, 0.1) is 5.92 Å². The third kappa shape index (κ3) is 3.90. The Morgan fingerprint density at radius 1 is 1.04 bits per heavy atom. The Morgan fingerprint density at radius 2 is 1.70 bits per heavy atom. The summed E-state index contributed by atoms with van der Waals surface area (Å²) in [6.07, 6.45) is 0.768. The molecule has 0 amide bonds. The van der Waals surface area contributed by atoms with E-state index in [9.17, 15) is 9.59 Å². The van der Waals surface area contributed by atoms with Gasteiger partial charge in [0.2, 0.25) is 0 Å². The summed E-state index contributed by atoms with van der Waals surface area (Å²) in [5, 5.41) is 0.677. The molecule has 0 radical (unpaired) electrons. The maximum absolute atomic E-state index is 12.2. The van der Waals surface area contributed by atoms with Gasteiger partial charge in [0.25, 0.3) is 0 Å². The van der Waals surface area contributed by atoms with Crippen LogP contribution in [0.5, 0.6) is 11.5 Å². The van der Waals surface area contributed by atoms with Crippen molar-refractivity contribution in [3.63, 3.8) is 0 Å². The molecule has 0 spiro atoms. The molecule has 0 N–H and O–H groups in total. The van der Waals surface area contributed by atoms with Crippen molar-refractivity contribution < 1.29 is 19.1 Å². The van der Waals surface area contributed by atoms with Crippen LogP contribution in [0.15, 0.2) is 48.5 Å². The Morgan fingerprint density at radius 3 is 2.35 bits per heavy atom. The summed E-state index contributed by atoms with van der Waals surface area (Å²) in [5.74, 6) is 0.0664. The van der Waals surface area contributed by atoms with Crippen LogP contribution in [0.1, 0.15) is 24.8 Å². The van der Waals surface area contributed by atoms with Gasteiger partial charge in [-0.1, -0.05) is 29.8 Å². The molecule has 0 saturated heterocycles. The molecule has 0 aromatic heterocycles. The molecule has 2 aromatic carbocycles. The summed E-state index contributed by atoms with van der Waals surface area (Å²) in [6.45, 7) is 1.32. The third-order valence-corrected chi connectivity index (χ3v) is 3.93. The van der Waals surface area contributed by atoms with Crippen LogP contribution in [0.3, 0.4) is 0 Å². The van der Waals surface area contributed by atoms with E-state index in [1.54, 1.807) is 18.2 Å². The maximum Gasteiger partial charge on any atom is 0.314 e. The number of hydrogen-bond acceptors (Lipinski definition) is 4. The monoisotopic (exact) mass is 330 g/mol. The lowest BCUT2D eigenvalue weighted by atomic mass is 10.1. The summed E-state index contributed by atoms with van der Waals surface area (Å²) in [5.41, 5.74) is 1.09. The highest BCUT2D eigenvalue weighted by Crippen LogP contribution is 2.48. The van der Waals surface area contributed by atoms with Crippen LogP contribution >= 0.6 is 11.6 Å². The minimum absolute atomic E-state index is 0.145. The molecule has 1 saturated carbocycles. The van der Waals surface area contributed by atoms with Crippen molar-refractivity contribution in [2.24, 2.45) is 5.92 Å². The van der Waals surface area contributed by atoms with Gasteiger partial charge >= 0.3 is 11.9 Å². The van der Waals surface area contributed by atoms with Crippen LogP contribution in [-0.2, 0) is 9.59 Å². The average Bonchev–Trinajstić information content (AvgIpc) is 3.28. The number of rotatable bonds is 4. The fraction of sp³-hybridized carbons (Fsp3) is 0.222. The van der Waals surface area contributed by atoms with Crippen molar-refractivity contribution in [3.8, 4) is 11.5 Å². The molecule has 0 heterocycles. The normalized spacial score (nSPS) is 19.0. The lowest BCUT2D eigenvalue weighted by Crippen LogP contribution is -2.11. The predicted molar refractivity (Wildman–Crippen MR) is 85.7 cm³/mol. The van der Waals surface area contributed by atoms with E-state index in [2.05, 4.69) is 0 Å². The minimum atomic E-state index is -0.418. The molecule has 5 heteroatoms. The first-order chi connectivity index (χ1) is 11.0. The topological polar surface area (TPSA) is 52.6 Å². The smallest absolute Gasteiger partial charge is 0.314 e. The van der Waals surface area contributed by atoms with Crippen LogP contribution < -0.4 is 9.47 Å². The molecule has 1 aliphatic carbocycles. The van der Waals surface area contributed by atoms with Crippen molar-refractivity contribution in [3.05, 3.63) is 59.1 Å². The van der Waals surface area contributed by atoms with Gasteiger partial charge < -0.3 is 9.47 Å². The summed E-state index contributed by atoms with van der Waals surface area (Å²) < 4.78 is 10.4. The molecular weight excluding hydrogens is 316 g/mol. The molecule has 0 unspecified atom stereocenters. The second-order valence-electron chi connectivity index (χ2n) is 5.49. The minimum Gasteiger partial charge on any atom is -0.427 e. The van der Waals surface area contributed by atoms with Gasteiger partial charge in [-0.05, 0) is 42.2 Å². The zero-order chi connectivity index (χ0) is 16.4. The van der Waals surface area contributed by atoms with E-state index in [0.29, 0.717) is 16.5 Å². The molecule has 2 aromatic rings. The van der Waals surface area contributed by atoms with Crippen LogP contribution in [-0.4, -0.2) is 11.9 Å². The summed E-state index contributed by atoms with van der Waals surface area (Å²) in [4.78, 5) is 23.2. The Labute approximate surface area is 139 Å². The largest absolute Gasteiger partial charge is 0.427 e. The summed E-state index contributed by atoms with van der Waals surface area (Å²) in [6, 6.07) is 14.0. The highest BCUT2D eigenvalue weighted by atomic mass is 35.5. The number of ether oxygens (including phenoxy) is 2. The standard InChI is InChI=1S/C18H15ClO4/c1-11(20)22-14-3-2-4-15(9-14)23-18(21)17-10-16(17)12-5-7-13(19)8-6-12/h2-9,16-17H,10H2,1H3/t16-,17+/m0/s1. The second kappa shape index (κ2) is 6.42. The van der Waals surface area contributed by atoms with Crippen LogP contribution in [0.25, 0.3) is 0 Å². The molecule has 23 heavy (non-hydrogen) atoms. The number of esters is 2. The first-order valence-electron chi connectivity index (χ1n) is 7.28. The first kappa shape index (κ1) is 15.6. The van der Waals surface area contributed by atoms with Crippen molar-refractivity contribution in [2.45, 2.75) is 19.3 Å². The maximum atomic E-state index is 12.2. The van der Waals surface area contributed by atoms with Gasteiger partial charge in [0, 0.05) is 18.0 Å². The van der Waals surface area contributed by atoms with Crippen molar-refractivity contribution in [1.82, 2.24) is 0 Å². The van der Waals surface area contributed by atoms with Gasteiger partial charge in [0.05, 0.1) is 5.92 Å². The predicted octanol–water partition coefficient (Wildman–Crippen LogP) is 3.97. The van der Waals surface area contributed by atoms with Gasteiger partial charge in [-0.25, -0.2) is 0 Å². The van der Waals surface area contributed by atoms with E-state index in [4.69, 9.17) is 21.1 Å². The Hall–Kier alpha value is -2.33. The summed E-state index contributed by atoms with van der Waals surface area (Å²) in [7, 11) is 0. The van der Waals surface area contributed by atoms with E-state index in [-0.39, 0.29) is 17.8 Å². The highest BCUT2D eigenvalue weighted by Gasteiger charge is 2.45.